The smallest absolute Gasteiger partial charge is 0.223 e. The fourth-order valence-corrected chi connectivity index (χ4v) is 2.91. The predicted octanol–water partition coefficient (Wildman–Crippen LogP) is 2.65. The van der Waals surface area contributed by atoms with Gasteiger partial charge in [0.05, 0.1) is 30.3 Å². The SMILES string of the molecule is C=C1COC(c2nc(-c3ccc(F)cc3)c(-c3ccnc(NCCN)n3)[nH]2)OC1. The maximum atomic E-state index is 13.4. The summed E-state index contributed by atoms with van der Waals surface area (Å²) in [7, 11) is 0. The number of nitrogens with two attached hydrogens (primary N) is 1. The first-order valence-electron chi connectivity index (χ1n) is 9.17. The molecule has 0 bridgehead atoms. The van der Waals surface area contributed by atoms with E-state index in [0.29, 0.717) is 55.2 Å². The molecular formula is C20H21FN6O2. The lowest BCUT2D eigenvalue weighted by Gasteiger charge is -2.22. The number of nitrogens with one attached hydrogen (secondary N) is 2. The third-order valence-electron chi connectivity index (χ3n) is 4.28. The Hall–Kier alpha value is -3.14. The van der Waals surface area contributed by atoms with Gasteiger partial charge in [-0.05, 0) is 35.9 Å². The molecule has 1 saturated heterocycles. The first-order valence-corrected chi connectivity index (χ1v) is 9.17. The molecule has 4 rings (SSSR count). The zero-order valence-electron chi connectivity index (χ0n) is 15.7. The van der Waals surface area contributed by atoms with Crippen LogP contribution in [0.25, 0.3) is 22.6 Å². The van der Waals surface area contributed by atoms with Crippen molar-refractivity contribution < 1.29 is 13.9 Å². The minimum atomic E-state index is -0.648. The molecule has 0 radical (unpaired) electrons. The molecule has 1 fully saturated rings. The number of aromatic amines is 1. The average molecular weight is 396 g/mol. The summed E-state index contributed by atoms with van der Waals surface area (Å²) in [6, 6.07) is 7.87. The van der Waals surface area contributed by atoms with Crippen LogP contribution in [0.4, 0.5) is 10.3 Å². The zero-order chi connectivity index (χ0) is 20.2. The molecule has 9 heteroatoms. The van der Waals surface area contributed by atoms with E-state index in [1.54, 1.807) is 24.4 Å². The summed E-state index contributed by atoms with van der Waals surface area (Å²) in [6.45, 7) is 5.66. The second-order valence-corrected chi connectivity index (χ2v) is 6.54. The highest BCUT2D eigenvalue weighted by Gasteiger charge is 2.25. The predicted molar refractivity (Wildman–Crippen MR) is 106 cm³/mol. The van der Waals surface area contributed by atoms with Crippen LogP contribution in [-0.4, -0.2) is 46.2 Å². The zero-order valence-corrected chi connectivity index (χ0v) is 15.7. The molecule has 0 spiro atoms. The van der Waals surface area contributed by atoms with Gasteiger partial charge >= 0.3 is 0 Å². The molecule has 0 atom stereocenters. The minimum absolute atomic E-state index is 0.321. The van der Waals surface area contributed by atoms with Crippen molar-refractivity contribution in [3.63, 3.8) is 0 Å². The highest BCUT2D eigenvalue weighted by molar-refractivity contribution is 5.77. The Kier molecular flexibility index (Phi) is 5.61. The van der Waals surface area contributed by atoms with Crippen molar-refractivity contribution in [1.29, 1.82) is 0 Å². The fraction of sp³-hybridized carbons (Fsp3) is 0.250. The Morgan fingerprint density at radius 2 is 1.93 bits per heavy atom. The third kappa shape index (κ3) is 4.32. The second-order valence-electron chi connectivity index (χ2n) is 6.54. The van der Waals surface area contributed by atoms with E-state index in [1.165, 1.54) is 12.1 Å². The molecule has 1 aromatic carbocycles. The van der Waals surface area contributed by atoms with Crippen LogP contribution in [0, 0.1) is 5.82 Å². The van der Waals surface area contributed by atoms with Gasteiger partial charge in [0, 0.05) is 24.8 Å². The topological polar surface area (TPSA) is 111 Å². The third-order valence-corrected chi connectivity index (χ3v) is 4.28. The van der Waals surface area contributed by atoms with Crippen molar-refractivity contribution in [2.75, 3.05) is 31.6 Å². The molecule has 150 valence electrons. The number of ether oxygens (including phenoxy) is 2. The van der Waals surface area contributed by atoms with Crippen molar-refractivity contribution in [2.45, 2.75) is 6.29 Å². The molecule has 2 aromatic heterocycles. The molecule has 3 aromatic rings. The highest BCUT2D eigenvalue weighted by atomic mass is 19.1. The molecule has 0 amide bonds. The second kappa shape index (κ2) is 8.48. The summed E-state index contributed by atoms with van der Waals surface area (Å²) in [5.74, 6) is 0.636. The number of halogens is 1. The number of rotatable bonds is 6. The van der Waals surface area contributed by atoms with Gasteiger partial charge in [0.25, 0.3) is 0 Å². The largest absolute Gasteiger partial charge is 0.353 e. The van der Waals surface area contributed by atoms with Crippen molar-refractivity contribution in [3.05, 3.63) is 60.3 Å². The number of benzene rings is 1. The summed E-state index contributed by atoms with van der Waals surface area (Å²) in [5.41, 5.74) is 9.02. The van der Waals surface area contributed by atoms with Gasteiger partial charge in [-0.1, -0.05) is 6.58 Å². The number of aromatic nitrogens is 4. The molecule has 0 unspecified atom stereocenters. The monoisotopic (exact) mass is 396 g/mol. The van der Waals surface area contributed by atoms with Crippen LogP contribution in [0.5, 0.6) is 0 Å². The summed E-state index contributed by atoms with van der Waals surface area (Å²) in [5, 5.41) is 3.06. The maximum absolute atomic E-state index is 13.4. The Bertz CT molecular complexity index is 994. The van der Waals surface area contributed by atoms with Gasteiger partial charge in [-0.2, -0.15) is 0 Å². The van der Waals surface area contributed by atoms with Crippen molar-refractivity contribution in [2.24, 2.45) is 5.73 Å². The van der Waals surface area contributed by atoms with Crippen LogP contribution < -0.4 is 11.1 Å². The lowest BCUT2D eigenvalue weighted by atomic mass is 10.1. The molecule has 0 saturated carbocycles. The van der Waals surface area contributed by atoms with Gasteiger partial charge in [-0.3, -0.25) is 0 Å². The van der Waals surface area contributed by atoms with Gasteiger partial charge in [-0.25, -0.2) is 19.3 Å². The minimum Gasteiger partial charge on any atom is -0.353 e. The normalized spacial score (nSPS) is 14.9. The van der Waals surface area contributed by atoms with E-state index >= 15 is 0 Å². The van der Waals surface area contributed by atoms with Crippen LogP contribution in [0.2, 0.25) is 0 Å². The van der Waals surface area contributed by atoms with Crippen molar-refractivity contribution in [1.82, 2.24) is 19.9 Å². The molecule has 1 aliphatic rings. The van der Waals surface area contributed by atoms with Gasteiger partial charge in [0.2, 0.25) is 12.2 Å². The summed E-state index contributed by atoms with van der Waals surface area (Å²) in [4.78, 5) is 16.7. The molecule has 29 heavy (non-hydrogen) atoms. The molecule has 3 heterocycles. The average Bonchev–Trinajstić information content (AvgIpc) is 3.19. The highest BCUT2D eigenvalue weighted by Crippen LogP contribution is 2.33. The lowest BCUT2D eigenvalue weighted by molar-refractivity contribution is -0.165. The van der Waals surface area contributed by atoms with Gasteiger partial charge in [0.1, 0.15) is 5.82 Å². The number of hydrogen-bond donors (Lipinski definition) is 3. The Morgan fingerprint density at radius 1 is 1.17 bits per heavy atom. The molecule has 8 nitrogen and oxygen atoms in total. The van der Waals surface area contributed by atoms with E-state index in [2.05, 4.69) is 31.8 Å². The fourth-order valence-electron chi connectivity index (χ4n) is 2.91. The summed E-state index contributed by atoms with van der Waals surface area (Å²) in [6.07, 6.45) is 0.999. The Labute approximate surface area is 167 Å². The number of imidazole rings is 1. The van der Waals surface area contributed by atoms with E-state index in [1.807, 2.05) is 0 Å². The molecule has 0 aliphatic carbocycles. The number of nitrogens with zero attached hydrogens (tertiary/aromatic N) is 3. The first kappa shape index (κ1) is 19.2. The molecular weight excluding hydrogens is 375 g/mol. The van der Waals surface area contributed by atoms with Crippen LogP contribution >= 0.6 is 0 Å². The van der Waals surface area contributed by atoms with Crippen LogP contribution in [0.3, 0.4) is 0 Å². The van der Waals surface area contributed by atoms with Gasteiger partial charge in [-0.15, -0.1) is 0 Å². The first-order chi connectivity index (χ1) is 14.1. The van der Waals surface area contributed by atoms with Crippen molar-refractivity contribution >= 4 is 5.95 Å². The maximum Gasteiger partial charge on any atom is 0.223 e. The van der Waals surface area contributed by atoms with E-state index in [4.69, 9.17) is 15.2 Å². The summed E-state index contributed by atoms with van der Waals surface area (Å²) >= 11 is 0. The summed E-state index contributed by atoms with van der Waals surface area (Å²) < 4.78 is 24.8. The Balaban J connectivity index is 1.74. The van der Waals surface area contributed by atoms with Gasteiger partial charge < -0.3 is 25.5 Å². The standard InChI is InChI=1S/C20H21FN6O2/c1-12-10-28-19(29-11-12)18-26-16(13-2-4-14(21)5-3-13)17(27-18)15-6-8-23-20(25-15)24-9-7-22/h2-6,8,19H,1,7,9-11,22H2,(H,26,27)(H,23,24,25). The van der Waals surface area contributed by atoms with E-state index in [0.717, 1.165) is 11.1 Å². The Morgan fingerprint density at radius 3 is 2.66 bits per heavy atom. The quantitative estimate of drug-likeness (QED) is 0.549. The molecule has 4 N–H and O–H groups in total. The number of anilines is 1. The van der Waals surface area contributed by atoms with Crippen LogP contribution in [-0.2, 0) is 9.47 Å². The van der Waals surface area contributed by atoms with Crippen LogP contribution in [0.1, 0.15) is 12.1 Å². The lowest BCUT2D eigenvalue weighted by Crippen LogP contribution is -2.20. The van der Waals surface area contributed by atoms with E-state index < -0.39 is 6.29 Å². The van der Waals surface area contributed by atoms with Crippen molar-refractivity contribution in [3.8, 4) is 22.6 Å². The molecule has 1 aliphatic heterocycles. The number of H-pyrrole nitrogens is 1. The van der Waals surface area contributed by atoms with E-state index in [9.17, 15) is 4.39 Å². The van der Waals surface area contributed by atoms with E-state index in [-0.39, 0.29) is 5.82 Å². The van der Waals surface area contributed by atoms with Crippen LogP contribution in [0.15, 0.2) is 48.7 Å². The van der Waals surface area contributed by atoms with Gasteiger partial charge in [0.15, 0.2) is 5.82 Å². The number of hydrogen-bond acceptors (Lipinski definition) is 7.